The van der Waals surface area contributed by atoms with Crippen molar-refractivity contribution in [2.45, 2.75) is 6.04 Å². The van der Waals surface area contributed by atoms with Crippen LogP contribution < -0.4 is 5.73 Å². The maximum absolute atomic E-state index is 6.99. The Morgan fingerprint density at radius 3 is 1.88 bits per heavy atom. The Labute approximate surface area is 337 Å². The smallest absolute Gasteiger partial charge is 0.0681 e. The standard InChI is InChI=1S/C56H38N2/c57-53(40-26-24-38(25-27-40)37-10-2-1-3-11-37)34-54(44-29-30-47-48-18-8-14-41-15-9-19-49(56(41)48)52(47)33-44)58-35-36-20-22-42(23-21-36)55-46-17-7-5-13-43(46)32-51-45-16-6-4-12-39(45)28-31-50(51)55/h1-35,53H,57H2/b54-34-,58-35+. The molecule has 272 valence electrons. The van der Waals surface area contributed by atoms with Crippen LogP contribution in [-0.2, 0) is 0 Å². The molecule has 0 saturated carbocycles. The summed E-state index contributed by atoms with van der Waals surface area (Å²) in [4.78, 5) is 5.21. The van der Waals surface area contributed by atoms with E-state index in [0.29, 0.717) is 0 Å². The van der Waals surface area contributed by atoms with Crippen molar-refractivity contribution in [3.05, 3.63) is 223 Å². The van der Waals surface area contributed by atoms with Crippen LogP contribution in [0.15, 0.2) is 211 Å². The summed E-state index contributed by atoms with van der Waals surface area (Å²) in [7, 11) is 0. The molecule has 1 aliphatic carbocycles. The SMILES string of the molecule is NC(/C=C(\N=C\c1ccc(-c2c3ccccc3cc3c2ccc2ccccc23)cc1)c1ccc2c(c1)-c1cccc3cccc-2c13)c1ccc(-c2ccccc2)cc1. The van der Waals surface area contributed by atoms with Gasteiger partial charge < -0.3 is 5.73 Å². The highest BCUT2D eigenvalue weighted by molar-refractivity contribution is 6.20. The van der Waals surface area contributed by atoms with Crippen molar-refractivity contribution in [3.8, 4) is 44.5 Å². The fourth-order valence-electron chi connectivity index (χ4n) is 8.97. The van der Waals surface area contributed by atoms with Crippen molar-refractivity contribution in [1.82, 2.24) is 0 Å². The molecule has 10 aromatic rings. The average molecular weight is 739 g/mol. The van der Waals surface area contributed by atoms with Crippen LogP contribution in [0.5, 0.6) is 0 Å². The molecular formula is C56H38N2. The van der Waals surface area contributed by atoms with Gasteiger partial charge in [0, 0.05) is 11.8 Å². The number of fused-ring (bicyclic) bond motifs is 7. The molecule has 58 heavy (non-hydrogen) atoms. The van der Waals surface area contributed by atoms with Gasteiger partial charge in [0.1, 0.15) is 0 Å². The zero-order valence-electron chi connectivity index (χ0n) is 31.8. The van der Waals surface area contributed by atoms with Crippen LogP contribution in [0.1, 0.15) is 22.7 Å². The van der Waals surface area contributed by atoms with E-state index in [1.54, 1.807) is 0 Å². The van der Waals surface area contributed by atoms with Gasteiger partial charge in [0.25, 0.3) is 0 Å². The summed E-state index contributed by atoms with van der Waals surface area (Å²) in [5.41, 5.74) is 20.7. The molecule has 2 nitrogen and oxygen atoms in total. The van der Waals surface area contributed by atoms with Crippen LogP contribution in [0.25, 0.3) is 93.3 Å². The molecule has 2 N–H and O–H groups in total. The van der Waals surface area contributed by atoms with E-state index in [0.717, 1.165) is 22.4 Å². The second-order valence-electron chi connectivity index (χ2n) is 15.3. The van der Waals surface area contributed by atoms with E-state index in [9.17, 15) is 0 Å². The number of aliphatic imine (C=N–C) groups is 1. The van der Waals surface area contributed by atoms with E-state index >= 15 is 0 Å². The maximum atomic E-state index is 6.99. The maximum Gasteiger partial charge on any atom is 0.0681 e. The molecule has 0 spiro atoms. The van der Waals surface area contributed by atoms with Crippen LogP contribution >= 0.6 is 0 Å². The molecule has 11 rings (SSSR count). The Morgan fingerprint density at radius 2 is 1.09 bits per heavy atom. The number of nitrogens with zero attached hydrogens (tertiary/aromatic N) is 1. The summed E-state index contributed by atoms with van der Waals surface area (Å²) in [6.45, 7) is 0. The van der Waals surface area contributed by atoms with Crippen molar-refractivity contribution >= 4 is 55.0 Å². The Bertz CT molecular complexity index is 3260. The Morgan fingerprint density at radius 1 is 0.431 bits per heavy atom. The lowest BCUT2D eigenvalue weighted by atomic mass is 9.89. The van der Waals surface area contributed by atoms with E-state index < -0.39 is 0 Å². The molecule has 0 radical (unpaired) electrons. The lowest BCUT2D eigenvalue weighted by Gasteiger charge is -2.14. The zero-order valence-corrected chi connectivity index (χ0v) is 31.8. The quantitative estimate of drug-likeness (QED) is 0.0987. The summed E-state index contributed by atoms with van der Waals surface area (Å²) < 4.78 is 0. The molecule has 1 unspecified atom stereocenters. The van der Waals surface area contributed by atoms with E-state index in [-0.39, 0.29) is 6.04 Å². The van der Waals surface area contributed by atoms with Crippen LogP contribution in [0.4, 0.5) is 0 Å². The molecule has 0 bridgehead atoms. The number of nitrogens with two attached hydrogens (primary N) is 1. The van der Waals surface area contributed by atoms with Crippen molar-refractivity contribution in [2.24, 2.45) is 10.7 Å². The number of hydrogen-bond acceptors (Lipinski definition) is 2. The van der Waals surface area contributed by atoms with Crippen molar-refractivity contribution in [3.63, 3.8) is 0 Å². The lowest BCUT2D eigenvalue weighted by molar-refractivity contribution is 0.911. The summed E-state index contributed by atoms with van der Waals surface area (Å²) in [6, 6.07) is 71.6. The van der Waals surface area contributed by atoms with Gasteiger partial charge in [0.2, 0.25) is 0 Å². The molecular weight excluding hydrogens is 701 g/mol. The predicted octanol–water partition coefficient (Wildman–Crippen LogP) is 14.4. The molecule has 0 amide bonds. The van der Waals surface area contributed by atoms with Gasteiger partial charge in [0.05, 0.1) is 11.7 Å². The minimum Gasteiger partial charge on any atom is -0.321 e. The Hall–Kier alpha value is -7.39. The van der Waals surface area contributed by atoms with Gasteiger partial charge in [-0.15, -0.1) is 0 Å². The topological polar surface area (TPSA) is 38.4 Å². The second-order valence-corrected chi connectivity index (χ2v) is 15.3. The Balaban J connectivity index is 0.983. The molecule has 0 aliphatic heterocycles. The molecule has 0 aromatic heterocycles. The zero-order chi connectivity index (χ0) is 38.6. The highest BCUT2D eigenvalue weighted by atomic mass is 14.7. The normalized spacial score (nSPS) is 12.9. The van der Waals surface area contributed by atoms with Crippen LogP contribution in [-0.4, -0.2) is 6.21 Å². The van der Waals surface area contributed by atoms with Crippen LogP contribution in [0, 0.1) is 0 Å². The highest BCUT2D eigenvalue weighted by Crippen LogP contribution is 2.48. The van der Waals surface area contributed by atoms with E-state index in [1.165, 1.54) is 87.6 Å². The first-order chi connectivity index (χ1) is 28.7. The number of rotatable bonds is 7. The summed E-state index contributed by atoms with van der Waals surface area (Å²) in [5, 5.41) is 10.1. The first-order valence-electron chi connectivity index (χ1n) is 19.9. The molecule has 0 saturated heterocycles. The molecule has 2 heteroatoms. The van der Waals surface area contributed by atoms with Crippen molar-refractivity contribution in [1.29, 1.82) is 0 Å². The fraction of sp³-hybridized carbons (Fsp3) is 0.0179. The second kappa shape index (κ2) is 14.0. The minimum atomic E-state index is -0.357. The fourth-order valence-corrected chi connectivity index (χ4v) is 8.97. The van der Waals surface area contributed by atoms with Crippen LogP contribution in [0.3, 0.4) is 0 Å². The Kier molecular flexibility index (Phi) is 8.17. The van der Waals surface area contributed by atoms with Gasteiger partial charge in [-0.25, -0.2) is 0 Å². The van der Waals surface area contributed by atoms with Gasteiger partial charge in [0.15, 0.2) is 0 Å². The van der Waals surface area contributed by atoms with Gasteiger partial charge in [-0.05, 0) is 117 Å². The summed E-state index contributed by atoms with van der Waals surface area (Å²) in [5.74, 6) is 0. The van der Waals surface area contributed by atoms with Crippen molar-refractivity contribution < 1.29 is 0 Å². The minimum absolute atomic E-state index is 0.357. The third-order valence-corrected chi connectivity index (χ3v) is 11.9. The largest absolute Gasteiger partial charge is 0.321 e. The summed E-state index contributed by atoms with van der Waals surface area (Å²) >= 11 is 0. The first-order valence-corrected chi connectivity index (χ1v) is 19.9. The lowest BCUT2D eigenvalue weighted by Crippen LogP contribution is -2.07. The van der Waals surface area contributed by atoms with Crippen molar-refractivity contribution in [2.75, 3.05) is 0 Å². The first kappa shape index (κ1) is 33.9. The third-order valence-electron chi connectivity index (χ3n) is 11.9. The molecule has 1 atom stereocenters. The molecule has 1 aliphatic rings. The van der Waals surface area contributed by atoms with Gasteiger partial charge >= 0.3 is 0 Å². The molecule has 10 aromatic carbocycles. The monoisotopic (exact) mass is 738 g/mol. The van der Waals surface area contributed by atoms with Gasteiger partial charge in [-0.2, -0.15) is 0 Å². The highest BCUT2D eigenvalue weighted by Gasteiger charge is 2.22. The third kappa shape index (κ3) is 5.82. The van der Waals surface area contributed by atoms with Crippen LogP contribution in [0.2, 0.25) is 0 Å². The number of benzene rings is 10. The van der Waals surface area contributed by atoms with Gasteiger partial charge in [-0.1, -0.05) is 188 Å². The van der Waals surface area contributed by atoms with E-state index in [4.69, 9.17) is 10.7 Å². The molecule has 0 fully saturated rings. The molecule has 0 heterocycles. The average Bonchev–Trinajstić information content (AvgIpc) is 3.61. The summed E-state index contributed by atoms with van der Waals surface area (Å²) in [6.07, 6.45) is 4.07. The predicted molar refractivity (Wildman–Crippen MR) is 247 cm³/mol. The number of hydrogen-bond donors (Lipinski definition) is 1. The van der Waals surface area contributed by atoms with E-state index in [1.807, 2.05) is 12.3 Å². The van der Waals surface area contributed by atoms with Gasteiger partial charge in [-0.3, -0.25) is 4.99 Å². The van der Waals surface area contributed by atoms with E-state index in [2.05, 4.69) is 200 Å².